The Morgan fingerprint density at radius 2 is 1.82 bits per heavy atom. The van der Waals surface area contributed by atoms with Gasteiger partial charge in [0.1, 0.15) is 6.61 Å². The summed E-state index contributed by atoms with van der Waals surface area (Å²) in [4.78, 5) is 0. The first-order valence-electron chi connectivity index (χ1n) is 5.25. The largest absolute Gasteiger partial charge is 0.411 e. The van der Waals surface area contributed by atoms with Gasteiger partial charge in [0.05, 0.1) is 6.61 Å². The summed E-state index contributed by atoms with van der Waals surface area (Å²) in [6.07, 6.45) is -3.53. The molecule has 0 aliphatic rings. The number of benzene rings is 1. The highest BCUT2D eigenvalue weighted by molar-refractivity contribution is 9.09. The van der Waals surface area contributed by atoms with Gasteiger partial charge in [0, 0.05) is 5.33 Å². The van der Waals surface area contributed by atoms with Gasteiger partial charge in [0.25, 0.3) is 0 Å². The average molecular weight is 311 g/mol. The van der Waals surface area contributed by atoms with Gasteiger partial charge in [-0.1, -0.05) is 46.3 Å². The van der Waals surface area contributed by atoms with Crippen LogP contribution >= 0.6 is 15.9 Å². The molecule has 1 aromatic carbocycles. The molecule has 1 unspecified atom stereocenters. The summed E-state index contributed by atoms with van der Waals surface area (Å²) in [6, 6.07) is 9.65. The van der Waals surface area contributed by atoms with Gasteiger partial charge in [-0.05, 0) is 17.9 Å². The molecule has 5 heteroatoms. The summed E-state index contributed by atoms with van der Waals surface area (Å²) in [5, 5.41) is 0.625. The van der Waals surface area contributed by atoms with Crippen LogP contribution < -0.4 is 0 Å². The van der Waals surface area contributed by atoms with E-state index < -0.39 is 12.8 Å². The molecular formula is C12H14BrF3O. The number of hydrogen-bond donors (Lipinski definition) is 0. The van der Waals surface area contributed by atoms with E-state index in [9.17, 15) is 13.2 Å². The third kappa shape index (κ3) is 6.68. The van der Waals surface area contributed by atoms with Crippen LogP contribution in [0.2, 0.25) is 0 Å². The predicted octanol–water partition coefficient (Wildman–Crippen LogP) is 3.82. The molecule has 1 nitrogen and oxygen atoms in total. The fraction of sp³-hybridized carbons (Fsp3) is 0.500. The summed E-state index contributed by atoms with van der Waals surface area (Å²) in [6.45, 7) is -1.06. The fourth-order valence-corrected chi connectivity index (χ4v) is 1.86. The van der Waals surface area contributed by atoms with Gasteiger partial charge in [0.15, 0.2) is 0 Å². The van der Waals surface area contributed by atoms with E-state index in [1.165, 1.54) is 0 Å². The highest BCUT2D eigenvalue weighted by Gasteiger charge is 2.27. The lowest BCUT2D eigenvalue weighted by Crippen LogP contribution is -2.22. The summed E-state index contributed by atoms with van der Waals surface area (Å²) >= 11 is 3.29. The molecule has 0 aliphatic heterocycles. The molecule has 0 bridgehead atoms. The van der Waals surface area contributed by atoms with Crippen LogP contribution in [0.3, 0.4) is 0 Å². The fourth-order valence-electron chi connectivity index (χ4n) is 1.45. The molecule has 96 valence electrons. The van der Waals surface area contributed by atoms with Crippen molar-refractivity contribution in [1.82, 2.24) is 0 Å². The van der Waals surface area contributed by atoms with Gasteiger partial charge in [-0.3, -0.25) is 0 Å². The minimum Gasteiger partial charge on any atom is -0.372 e. The normalized spacial score (nSPS) is 13.6. The Morgan fingerprint density at radius 3 is 2.35 bits per heavy atom. The van der Waals surface area contributed by atoms with Crippen molar-refractivity contribution in [2.75, 3.05) is 18.5 Å². The van der Waals surface area contributed by atoms with Crippen LogP contribution in [0.15, 0.2) is 30.3 Å². The van der Waals surface area contributed by atoms with Crippen molar-refractivity contribution in [3.8, 4) is 0 Å². The van der Waals surface area contributed by atoms with E-state index in [1.807, 2.05) is 30.3 Å². The summed E-state index contributed by atoms with van der Waals surface area (Å²) in [5.74, 6) is 0.0553. The molecule has 0 spiro atoms. The Bertz CT molecular complexity index is 313. The maximum absolute atomic E-state index is 11.9. The Hall–Kier alpha value is -0.550. The van der Waals surface area contributed by atoms with Crippen LogP contribution in [0.4, 0.5) is 13.2 Å². The summed E-state index contributed by atoms with van der Waals surface area (Å²) in [5.41, 5.74) is 1.10. The van der Waals surface area contributed by atoms with E-state index in [0.29, 0.717) is 11.8 Å². The molecule has 1 aromatic rings. The first-order valence-corrected chi connectivity index (χ1v) is 6.38. The smallest absolute Gasteiger partial charge is 0.372 e. The van der Waals surface area contributed by atoms with Gasteiger partial charge in [0.2, 0.25) is 0 Å². The third-order valence-electron chi connectivity index (χ3n) is 2.20. The van der Waals surface area contributed by atoms with E-state index in [0.717, 1.165) is 5.56 Å². The zero-order chi connectivity index (χ0) is 12.7. The first kappa shape index (κ1) is 14.5. The minimum atomic E-state index is -4.25. The topological polar surface area (TPSA) is 9.23 Å². The molecule has 0 amide bonds. The number of hydrogen-bond acceptors (Lipinski definition) is 1. The lowest BCUT2D eigenvalue weighted by Gasteiger charge is -2.15. The van der Waals surface area contributed by atoms with E-state index in [2.05, 4.69) is 20.7 Å². The Morgan fingerprint density at radius 1 is 1.18 bits per heavy atom. The van der Waals surface area contributed by atoms with Crippen molar-refractivity contribution < 1.29 is 17.9 Å². The lowest BCUT2D eigenvalue weighted by molar-refractivity contribution is -0.176. The van der Waals surface area contributed by atoms with Crippen molar-refractivity contribution in [3.05, 3.63) is 35.9 Å². The molecule has 0 aliphatic carbocycles. The molecule has 0 heterocycles. The van der Waals surface area contributed by atoms with E-state index in [-0.39, 0.29) is 12.5 Å². The Labute approximate surface area is 107 Å². The maximum atomic E-state index is 11.9. The number of alkyl halides is 4. The zero-order valence-electron chi connectivity index (χ0n) is 9.21. The SMILES string of the molecule is FC(F)(F)COCC(CBr)Cc1ccccc1. The highest BCUT2D eigenvalue weighted by Crippen LogP contribution is 2.17. The second kappa shape index (κ2) is 7.01. The summed E-state index contributed by atoms with van der Waals surface area (Å²) < 4.78 is 40.4. The van der Waals surface area contributed by atoms with Crippen LogP contribution in [0.1, 0.15) is 5.56 Å². The molecule has 0 N–H and O–H groups in total. The molecule has 1 rings (SSSR count). The molecule has 1 atom stereocenters. The molecule has 0 saturated carbocycles. The monoisotopic (exact) mass is 310 g/mol. The standard InChI is InChI=1S/C12H14BrF3O/c13-7-11(8-17-9-12(14,15)16)6-10-4-2-1-3-5-10/h1-5,11H,6-9H2. The van der Waals surface area contributed by atoms with Crippen molar-refractivity contribution in [1.29, 1.82) is 0 Å². The Balaban J connectivity index is 2.34. The van der Waals surface area contributed by atoms with Gasteiger partial charge in [-0.25, -0.2) is 0 Å². The maximum Gasteiger partial charge on any atom is 0.411 e. The van der Waals surface area contributed by atoms with Crippen LogP contribution in [-0.2, 0) is 11.2 Å². The molecule has 0 aromatic heterocycles. The molecular weight excluding hydrogens is 297 g/mol. The predicted molar refractivity (Wildman–Crippen MR) is 64.3 cm³/mol. The zero-order valence-corrected chi connectivity index (χ0v) is 10.8. The quantitative estimate of drug-likeness (QED) is 0.726. The summed E-state index contributed by atoms with van der Waals surface area (Å²) in [7, 11) is 0. The second-order valence-corrected chi connectivity index (χ2v) is 4.49. The number of ether oxygens (including phenoxy) is 1. The first-order chi connectivity index (χ1) is 8.01. The van der Waals surface area contributed by atoms with E-state index in [1.54, 1.807) is 0 Å². The van der Waals surface area contributed by atoms with Crippen molar-refractivity contribution in [2.45, 2.75) is 12.6 Å². The van der Waals surface area contributed by atoms with Gasteiger partial charge < -0.3 is 4.74 Å². The van der Waals surface area contributed by atoms with Crippen LogP contribution in [0, 0.1) is 5.92 Å². The molecule has 17 heavy (non-hydrogen) atoms. The lowest BCUT2D eigenvalue weighted by atomic mass is 10.0. The van der Waals surface area contributed by atoms with Gasteiger partial charge >= 0.3 is 6.18 Å². The Kier molecular flexibility index (Phi) is 5.98. The third-order valence-corrected chi connectivity index (χ3v) is 3.12. The van der Waals surface area contributed by atoms with E-state index >= 15 is 0 Å². The van der Waals surface area contributed by atoms with Crippen molar-refractivity contribution >= 4 is 15.9 Å². The molecule has 0 radical (unpaired) electrons. The molecule has 0 saturated heterocycles. The highest BCUT2D eigenvalue weighted by atomic mass is 79.9. The van der Waals surface area contributed by atoms with Crippen molar-refractivity contribution in [3.63, 3.8) is 0 Å². The second-order valence-electron chi connectivity index (χ2n) is 3.84. The van der Waals surface area contributed by atoms with Crippen molar-refractivity contribution in [2.24, 2.45) is 5.92 Å². The van der Waals surface area contributed by atoms with Crippen LogP contribution in [0.25, 0.3) is 0 Å². The van der Waals surface area contributed by atoms with Crippen LogP contribution in [0.5, 0.6) is 0 Å². The van der Waals surface area contributed by atoms with Gasteiger partial charge in [-0.15, -0.1) is 0 Å². The van der Waals surface area contributed by atoms with Crippen LogP contribution in [-0.4, -0.2) is 24.7 Å². The van der Waals surface area contributed by atoms with Gasteiger partial charge in [-0.2, -0.15) is 13.2 Å². The number of rotatable bonds is 6. The number of halogens is 4. The minimum absolute atomic E-state index is 0.0553. The van der Waals surface area contributed by atoms with E-state index in [4.69, 9.17) is 0 Å². The molecule has 0 fully saturated rings. The average Bonchev–Trinajstić information content (AvgIpc) is 2.27.